The van der Waals surface area contributed by atoms with Crippen LogP contribution in [0.15, 0.2) is 194 Å². The molecule has 4 aliphatic rings. The van der Waals surface area contributed by atoms with E-state index in [9.17, 15) is 0 Å². The first-order valence-corrected chi connectivity index (χ1v) is 28.3. The second kappa shape index (κ2) is 19.2. The van der Waals surface area contributed by atoms with Crippen molar-refractivity contribution in [2.45, 2.75) is 76.3 Å². The van der Waals surface area contributed by atoms with Crippen molar-refractivity contribution in [3.8, 4) is 67.5 Å². The molecule has 2 fully saturated rings. The fourth-order valence-electron chi connectivity index (χ4n) is 13.8. The molecule has 2 heterocycles. The highest BCUT2D eigenvalue weighted by Gasteiger charge is 2.43. The summed E-state index contributed by atoms with van der Waals surface area (Å²) in [6, 6.07) is 63.8. The molecule has 0 spiro atoms. The smallest absolute Gasteiger partial charge is 0.261 e. The number of fused-ring (bicyclic) bond motifs is 2. The van der Waals surface area contributed by atoms with Gasteiger partial charge in [-0.05, 0) is 83.0 Å². The van der Waals surface area contributed by atoms with Gasteiger partial charge in [0.2, 0.25) is 0 Å². The summed E-state index contributed by atoms with van der Waals surface area (Å²) >= 11 is 0. The highest BCUT2D eigenvalue weighted by Crippen LogP contribution is 2.55. The Morgan fingerprint density at radius 1 is 0.287 bits per heavy atom. The van der Waals surface area contributed by atoms with Crippen molar-refractivity contribution in [2.24, 2.45) is 0 Å². The number of carbonyl (C=O) groups excluding carboxylic acids is 4. The summed E-state index contributed by atoms with van der Waals surface area (Å²) in [4.78, 5) is 64.8. The molecule has 15 rings (SSSR count). The average molecular weight is 1040 g/mol. The first-order chi connectivity index (χ1) is 39.4. The number of benzene rings is 11. The minimum atomic E-state index is -0.349. The highest BCUT2D eigenvalue weighted by molar-refractivity contribution is 6.43. The maximum Gasteiger partial charge on any atom is 0.261 e. The molecule has 80 heavy (non-hydrogen) atoms. The molecule has 2 aliphatic carbocycles. The van der Waals surface area contributed by atoms with E-state index in [0.29, 0.717) is 88.3 Å². The zero-order chi connectivity index (χ0) is 53.6. The van der Waals surface area contributed by atoms with Crippen LogP contribution >= 0.6 is 0 Å². The van der Waals surface area contributed by atoms with E-state index in [0.717, 1.165) is 109 Å². The van der Waals surface area contributed by atoms with E-state index < -0.39 is 0 Å². The zero-order valence-electron chi connectivity index (χ0n) is 44.0. The number of rotatable bonds is 10. The Morgan fingerprint density at radius 3 is 0.925 bits per heavy atom. The number of imide groups is 2. The molecule has 8 nitrogen and oxygen atoms in total. The maximum atomic E-state index is 15.6. The lowest BCUT2D eigenvalue weighted by atomic mass is 9.80. The third-order valence-corrected chi connectivity index (χ3v) is 17.5. The van der Waals surface area contributed by atoms with Gasteiger partial charge in [-0.2, -0.15) is 0 Å². The van der Waals surface area contributed by atoms with Crippen LogP contribution in [0.3, 0.4) is 0 Å². The molecule has 0 N–H and O–H groups in total. The van der Waals surface area contributed by atoms with Gasteiger partial charge in [-0.25, -0.2) is 0 Å². The largest absolute Gasteiger partial charge is 0.455 e. The summed E-state index contributed by atoms with van der Waals surface area (Å²) in [5.41, 5.74) is 8.82. The van der Waals surface area contributed by atoms with E-state index >= 15 is 19.2 Å². The van der Waals surface area contributed by atoms with Gasteiger partial charge in [-0.15, -0.1) is 0 Å². The molecule has 2 aliphatic heterocycles. The van der Waals surface area contributed by atoms with E-state index in [2.05, 4.69) is 72.8 Å². The van der Waals surface area contributed by atoms with Crippen LogP contribution in [-0.4, -0.2) is 45.5 Å². The molecule has 8 heteroatoms. The molecular formula is C72H54N2O6. The summed E-state index contributed by atoms with van der Waals surface area (Å²) in [5, 5.41) is 5.10. The van der Waals surface area contributed by atoms with Gasteiger partial charge in [-0.1, -0.05) is 208 Å². The zero-order valence-corrected chi connectivity index (χ0v) is 44.0. The van der Waals surface area contributed by atoms with E-state index in [-0.39, 0.29) is 35.7 Å². The first kappa shape index (κ1) is 47.8. The number of carbonyl (C=O) groups is 4. The summed E-state index contributed by atoms with van der Waals surface area (Å²) in [6.45, 7) is 0. The molecule has 4 amide bonds. The van der Waals surface area contributed by atoms with Gasteiger partial charge in [0, 0.05) is 77.8 Å². The van der Waals surface area contributed by atoms with E-state index in [4.69, 9.17) is 9.47 Å². The van der Waals surface area contributed by atoms with Gasteiger partial charge in [-0.3, -0.25) is 29.0 Å². The van der Waals surface area contributed by atoms with Gasteiger partial charge >= 0.3 is 0 Å². The number of amides is 4. The van der Waals surface area contributed by atoms with Crippen LogP contribution < -0.4 is 9.47 Å². The molecule has 0 saturated heterocycles. The number of hydrogen-bond acceptors (Lipinski definition) is 6. The molecule has 11 aromatic carbocycles. The monoisotopic (exact) mass is 1040 g/mol. The van der Waals surface area contributed by atoms with E-state index in [1.54, 1.807) is 0 Å². The van der Waals surface area contributed by atoms with E-state index in [1.807, 2.05) is 121 Å². The molecule has 0 radical (unpaired) electrons. The Balaban J connectivity index is 1.08. The third-order valence-electron chi connectivity index (χ3n) is 17.5. The number of hydrogen-bond donors (Lipinski definition) is 0. The van der Waals surface area contributed by atoms with Crippen LogP contribution in [0, 0.1) is 0 Å². The van der Waals surface area contributed by atoms with Crippen molar-refractivity contribution >= 4 is 66.7 Å². The van der Waals surface area contributed by atoms with Crippen LogP contribution in [0.5, 0.6) is 23.0 Å². The standard InChI is InChI=1S/C72H54N2O6/c75-69-55-40-38-54-64-60(80-68-51(45-25-11-3-12-26-45)35-20-36-52(68)46-27-13-4-14-28-46)42-58-62-56(70(76)74(72(58)78)48-31-17-6-18-32-48)39-37-53(66(62)64)63-59(41-57(61(55)65(54)63)71(77)73(69)47-29-15-5-16-30-47)79-67-49(43-21-7-1-8-22-43)33-19-34-50(67)44-23-9-2-10-24-44/h1-4,7-14,19-28,33-42,47-48H,5-6,15-18,29-32H2. The van der Waals surface area contributed by atoms with Gasteiger partial charge in [0.1, 0.15) is 23.0 Å². The van der Waals surface area contributed by atoms with Crippen molar-refractivity contribution in [3.63, 3.8) is 0 Å². The van der Waals surface area contributed by atoms with Gasteiger partial charge < -0.3 is 9.47 Å². The van der Waals surface area contributed by atoms with Crippen LogP contribution in [0.1, 0.15) is 106 Å². The lowest BCUT2D eigenvalue weighted by Crippen LogP contribution is -2.48. The molecular weight excluding hydrogens is 989 g/mol. The maximum absolute atomic E-state index is 15.6. The Morgan fingerprint density at radius 2 is 0.600 bits per heavy atom. The summed E-state index contributed by atoms with van der Waals surface area (Å²) in [6.07, 6.45) is 8.83. The molecule has 0 bridgehead atoms. The van der Waals surface area contributed by atoms with Crippen LogP contribution in [0.2, 0.25) is 0 Å². The minimum Gasteiger partial charge on any atom is -0.455 e. The SMILES string of the molecule is O=C1c2ccc3c4c(Oc5c(-c6ccccc6)cccc5-c5ccccc5)cc5c6c(ccc(c7c(Oc8c(-c9ccccc9)cccc8-c8ccccc8)cc(c2c37)C(=O)N1C1CCCCC1)c64)C(=O)N(C1CCCCC1)C5=O. The van der Waals surface area contributed by atoms with Crippen molar-refractivity contribution in [1.29, 1.82) is 0 Å². The predicted molar refractivity (Wildman–Crippen MR) is 317 cm³/mol. The lowest BCUT2D eigenvalue weighted by Gasteiger charge is -2.37. The number of para-hydroxylation sites is 2. The first-order valence-electron chi connectivity index (χ1n) is 28.3. The van der Waals surface area contributed by atoms with Gasteiger partial charge in [0.15, 0.2) is 0 Å². The van der Waals surface area contributed by atoms with Crippen molar-refractivity contribution < 1.29 is 28.7 Å². The average Bonchev–Trinajstić information content (AvgIpc) is 3.65. The predicted octanol–water partition coefficient (Wildman–Crippen LogP) is 17.8. The number of ether oxygens (including phenoxy) is 2. The molecule has 388 valence electrons. The van der Waals surface area contributed by atoms with Crippen LogP contribution in [0.4, 0.5) is 0 Å². The molecule has 2 saturated carbocycles. The van der Waals surface area contributed by atoms with Crippen LogP contribution in [-0.2, 0) is 0 Å². The van der Waals surface area contributed by atoms with Crippen LogP contribution in [0.25, 0.3) is 87.6 Å². The van der Waals surface area contributed by atoms with Crippen molar-refractivity contribution in [2.75, 3.05) is 0 Å². The normalized spacial score (nSPS) is 15.9. The van der Waals surface area contributed by atoms with Crippen molar-refractivity contribution in [3.05, 3.63) is 216 Å². The van der Waals surface area contributed by atoms with Crippen molar-refractivity contribution in [1.82, 2.24) is 9.80 Å². The quantitative estimate of drug-likeness (QED) is 0.0770. The van der Waals surface area contributed by atoms with Gasteiger partial charge in [0.05, 0.1) is 11.1 Å². The second-order valence-electron chi connectivity index (χ2n) is 22.0. The molecule has 11 aromatic rings. The van der Waals surface area contributed by atoms with E-state index in [1.165, 1.54) is 9.80 Å². The third kappa shape index (κ3) is 7.49. The molecule has 0 atom stereocenters. The fourth-order valence-corrected chi connectivity index (χ4v) is 13.8. The molecule has 0 unspecified atom stereocenters. The number of nitrogens with zero attached hydrogens (tertiary/aromatic N) is 2. The summed E-state index contributed by atoms with van der Waals surface area (Å²) < 4.78 is 15.3. The summed E-state index contributed by atoms with van der Waals surface area (Å²) in [7, 11) is 0. The topological polar surface area (TPSA) is 93.2 Å². The Labute approximate surface area is 463 Å². The fraction of sp³-hybridized carbons (Fsp3) is 0.167. The lowest BCUT2D eigenvalue weighted by molar-refractivity contribution is 0.0487. The Hall–Kier alpha value is -9.40. The minimum absolute atomic E-state index is 0.240. The van der Waals surface area contributed by atoms with Gasteiger partial charge in [0.25, 0.3) is 23.6 Å². The molecule has 0 aromatic heterocycles. The Kier molecular flexibility index (Phi) is 11.5. The second-order valence-corrected chi connectivity index (χ2v) is 22.0. The summed E-state index contributed by atoms with van der Waals surface area (Å²) in [5.74, 6) is 0.678. The highest BCUT2D eigenvalue weighted by atomic mass is 16.5. The Bertz CT molecular complexity index is 3940.